The van der Waals surface area contributed by atoms with E-state index in [-0.39, 0.29) is 26.9 Å². The number of hydrogen-bond acceptors (Lipinski definition) is 7. The fourth-order valence-corrected chi connectivity index (χ4v) is 17.9. The SMILES string of the molecule is [C-]#[N+]c1c2c3c4c5c1N(c1ccccc1)c1ccccc1B5c1ccccc1N4c1ccccc1B3c1cc3c4cc5c(cc4n(-c4ccccc4)c3cc1O2)Oc1c(C#N)c2c3c4c1B5c1ccccc1N4c1ccccc1B3c1ccccc1N2c1ccccc1. The standard InChI is InChI=1S/C80H43B4N7O2/c1-86-74-78-71-77-73-80(74)93-69-44-67-50(42-59(69)84(73)57-34-16-22-40-65(57)91(77)63-38-20-14-32-55(63)82(71)53-30-12-18-36-61(53)89(78)48-27-9-4-10-28-48)49-41-58-68(43-66(49)87(67)46-23-5-2-6-24-46)92-79-51(45-85)75-70-76-72(79)83(58)56-33-15-21-39-64(56)90(76)62-37-19-13-31-54(62)81(70)52-29-11-17-35-60(52)88(75)47-25-7-3-8-26-47/h2-44H. The molecule has 8 aliphatic heterocycles. The van der Waals surface area contributed by atoms with Gasteiger partial charge in [0.2, 0.25) is 6.71 Å². The third-order valence-corrected chi connectivity index (χ3v) is 21.2. The van der Waals surface area contributed by atoms with Crippen LogP contribution in [-0.2, 0) is 0 Å². The summed E-state index contributed by atoms with van der Waals surface area (Å²) in [5, 5.41) is 14.2. The number of hydrogen-bond donors (Lipinski definition) is 0. The molecule has 1 aromatic heterocycles. The molecule has 422 valence electrons. The monoisotopic (exact) mass is 1180 g/mol. The molecule has 0 atom stereocenters. The number of fused-ring (bicyclic) bond motifs is 23. The molecule has 93 heavy (non-hydrogen) atoms. The summed E-state index contributed by atoms with van der Waals surface area (Å²) in [7, 11) is 0. The number of nitrogens with zero attached hydrogens (tertiary/aromatic N) is 7. The summed E-state index contributed by atoms with van der Waals surface area (Å²) >= 11 is 0. The quantitative estimate of drug-likeness (QED) is 0.129. The van der Waals surface area contributed by atoms with Crippen molar-refractivity contribution in [1.29, 1.82) is 5.26 Å². The van der Waals surface area contributed by atoms with E-state index in [2.05, 4.69) is 290 Å². The lowest BCUT2D eigenvalue weighted by molar-refractivity contribution is 0.487. The van der Waals surface area contributed by atoms with Crippen LogP contribution in [0.3, 0.4) is 0 Å². The first-order chi connectivity index (χ1) is 46.1. The molecule has 14 aromatic rings. The molecule has 13 aromatic carbocycles. The molecule has 0 aliphatic carbocycles. The zero-order valence-electron chi connectivity index (χ0n) is 49.6. The highest BCUT2D eigenvalue weighted by atomic mass is 16.5. The zero-order chi connectivity index (χ0) is 60.6. The summed E-state index contributed by atoms with van der Waals surface area (Å²) in [5.74, 6) is 2.56. The zero-order valence-corrected chi connectivity index (χ0v) is 49.6. The van der Waals surface area contributed by atoms with Gasteiger partial charge in [-0.3, -0.25) is 0 Å². The molecule has 0 saturated carbocycles. The fourth-order valence-electron chi connectivity index (χ4n) is 17.9. The average Bonchev–Trinajstić information content (AvgIpc) is 0.759. The van der Waals surface area contributed by atoms with Gasteiger partial charge in [-0.15, -0.1) is 0 Å². The van der Waals surface area contributed by atoms with E-state index in [0.29, 0.717) is 34.2 Å². The largest absolute Gasteiger partial charge is 0.469 e. The van der Waals surface area contributed by atoms with Gasteiger partial charge in [0.05, 0.1) is 29.0 Å². The maximum Gasteiger partial charge on any atom is 0.256 e. The minimum atomic E-state index is -0.317. The minimum absolute atomic E-state index is 0.165. The first kappa shape index (κ1) is 49.6. The number of anilines is 12. The molecular weight excluding hydrogens is 1130 g/mol. The highest BCUT2D eigenvalue weighted by molar-refractivity contribution is 7.06. The number of benzene rings is 13. The van der Waals surface area contributed by atoms with Crippen molar-refractivity contribution in [2.45, 2.75) is 0 Å². The van der Waals surface area contributed by atoms with Gasteiger partial charge >= 0.3 is 0 Å². The third kappa shape index (κ3) is 6.06. The maximum atomic E-state index is 12.1. The van der Waals surface area contributed by atoms with Crippen LogP contribution in [0.4, 0.5) is 73.9 Å². The molecule has 0 radical (unpaired) electrons. The van der Waals surface area contributed by atoms with Gasteiger partial charge < -0.3 is 33.6 Å². The van der Waals surface area contributed by atoms with E-state index in [9.17, 15) is 11.8 Å². The Morgan fingerprint density at radius 2 is 0.667 bits per heavy atom. The lowest BCUT2D eigenvalue weighted by atomic mass is 9.29. The molecule has 9 nitrogen and oxygen atoms in total. The smallest absolute Gasteiger partial charge is 0.256 e. The second-order valence-electron chi connectivity index (χ2n) is 25.4. The summed E-state index contributed by atoms with van der Waals surface area (Å²) in [4.78, 5) is 14.2. The topological polar surface area (TPSA) is 64.5 Å². The Bertz CT molecular complexity index is 5520. The van der Waals surface area contributed by atoms with E-state index in [1.165, 1.54) is 21.9 Å². The first-order valence-corrected chi connectivity index (χ1v) is 31.8. The van der Waals surface area contributed by atoms with Gasteiger partial charge in [-0.2, -0.15) is 5.26 Å². The van der Waals surface area contributed by atoms with Gasteiger partial charge in [0.25, 0.3) is 25.8 Å². The minimum Gasteiger partial charge on any atom is -0.469 e. The van der Waals surface area contributed by atoms with E-state index in [4.69, 9.17) is 9.47 Å². The summed E-state index contributed by atoms with van der Waals surface area (Å²) < 4.78 is 17.7. The van der Waals surface area contributed by atoms with Crippen LogP contribution in [0, 0.1) is 17.9 Å². The van der Waals surface area contributed by atoms with Crippen molar-refractivity contribution in [3.8, 4) is 34.8 Å². The lowest BCUT2D eigenvalue weighted by Crippen LogP contribution is -2.68. The molecule has 0 bridgehead atoms. The van der Waals surface area contributed by atoms with Gasteiger partial charge in [0.15, 0.2) is 0 Å². The van der Waals surface area contributed by atoms with Crippen LogP contribution in [0.2, 0.25) is 0 Å². The van der Waals surface area contributed by atoms with Crippen LogP contribution in [0.25, 0.3) is 32.3 Å². The van der Waals surface area contributed by atoms with Gasteiger partial charge in [-0.05, 0) is 138 Å². The van der Waals surface area contributed by atoms with Gasteiger partial charge in [-0.25, -0.2) is 4.85 Å². The second-order valence-corrected chi connectivity index (χ2v) is 25.4. The van der Waals surface area contributed by atoms with Crippen LogP contribution in [0.1, 0.15) is 5.56 Å². The summed E-state index contributed by atoms with van der Waals surface area (Å²) in [6.07, 6.45) is 0. The highest BCUT2D eigenvalue weighted by Gasteiger charge is 2.55. The number of ether oxygens (including phenoxy) is 2. The van der Waals surface area contributed by atoms with Gasteiger partial charge in [0.1, 0.15) is 34.6 Å². The Hall–Kier alpha value is -12.3. The molecule has 0 N–H and O–H groups in total. The van der Waals surface area contributed by atoms with Crippen LogP contribution in [-0.4, -0.2) is 31.4 Å². The molecule has 9 heterocycles. The van der Waals surface area contributed by atoms with Crippen molar-refractivity contribution in [1.82, 2.24) is 4.57 Å². The Morgan fingerprint density at radius 3 is 1.08 bits per heavy atom. The Labute approximate surface area is 536 Å². The highest BCUT2D eigenvalue weighted by Crippen LogP contribution is 2.55. The molecule has 0 amide bonds. The fraction of sp³-hybridized carbons (Fsp3) is 0. The molecule has 0 saturated heterocycles. The van der Waals surface area contributed by atoms with E-state index in [1.54, 1.807) is 0 Å². The number of para-hydroxylation sites is 9. The average molecular weight is 1180 g/mol. The molecule has 0 spiro atoms. The van der Waals surface area contributed by atoms with E-state index in [0.717, 1.165) is 139 Å². The second kappa shape index (κ2) is 17.8. The van der Waals surface area contributed by atoms with Crippen molar-refractivity contribution >= 4 is 188 Å². The van der Waals surface area contributed by atoms with Crippen molar-refractivity contribution < 1.29 is 9.47 Å². The van der Waals surface area contributed by atoms with Gasteiger partial charge in [0, 0.05) is 85.5 Å². The van der Waals surface area contributed by atoms with Crippen molar-refractivity contribution in [3.63, 3.8) is 0 Å². The van der Waals surface area contributed by atoms with Crippen LogP contribution in [0.5, 0.6) is 23.0 Å². The van der Waals surface area contributed by atoms with E-state index in [1.807, 2.05) is 6.07 Å². The lowest BCUT2D eigenvalue weighted by Gasteiger charge is -2.49. The van der Waals surface area contributed by atoms with Crippen molar-refractivity contribution in [2.24, 2.45) is 0 Å². The molecule has 8 aliphatic rings. The van der Waals surface area contributed by atoms with Crippen molar-refractivity contribution in [2.75, 3.05) is 19.6 Å². The molecule has 0 unspecified atom stereocenters. The number of rotatable bonds is 3. The van der Waals surface area contributed by atoms with Crippen LogP contribution < -0.4 is 94.6 Å². The summed E-state index contributed by atoms with van der Waals surface area (Å²) in [6.45, 7) is 8.47. The Balaban J connectivity index is 0.830. The number of aromatic nitrogens is 1. The third-order valence-electron chi connectivity index (χ3n) is 21.2. The van der Waals surface area contributed by atoms with Crippen molar-refractivity contribution in [3.05, 3.63) is 278 Å². The van der Waals surface area contributed by atoms with Gasteiger partial charge in [-0.1, -0.05) is 176 Å². The molecular formula is C80H43B4N7O2. The van der Waals surface area contributed by atoms with E-state index >= 15 is 0 Å². The molecule has 0 fully saturated rings. The molecule has 22 rings (SSSR count). The predicted molar refractivity (Wildman–Crippen MR) is 382 cm³/mol. The maximum absolute atomic E-state index is 12.1. The van der Waals surface area contributed by atoms with Crippen LogP contribution in [0.15, 0.2) is 261 Å². The Morgan fingerprint density at radius 1 is 0.333 bits per heavy atom. The Kier molecular flexibility index (Phi) is 9.47. The summed E-state index contributed by atoms with van der Waals surface area (Å²) in [6, 6.07) is 96.6. The molecule has 13 heteroatoms. The van der Waals surface area contributed by atoms with E-state index < -0.39 is 0 Å². The summed E-state index contributed by atoms with van der Waals surface area (Å²) in [5.41, 5.74) is 29.5. The normalized spacial score (nSPS) is 14.2. The van der Waals surface area contributed by atoms with Crippen LogP contribution >= 0.6 is 0 Å². The predicted octanol–water partition coefficient (Wildman–Crippen LogP) is 11.2. The number of nitriles is 1. The first-order valence-electron chi connectivity index (χ1n) is 31.8.